The van der Waals surface area contributed by atoms with Gasteiger partial charge in [0.05, 0.1) is 17.1 Å². The minimum atomic E-state index is -0.460. The number of hydrogen-bond acceptors (Lipinski definition) is 6. The van der Waals surface area contributed by atoms with Gasteiger partial charge in [0, 0.05) is 36.5 Å². The Kier molecular flexibility index (Phi) is 6.31. The van der Waals surface area contributed by atoms with E-state index in [4.69, 9.17) is 0 Å². The number of nitrogens with zero attached hydrogens (tertiary/aromatic N) is 3. The zero-order valence-corrected chi connectivity index (χ0v) is 21.5. The lowest BCUT2D eigenvalue weighted by Crippen LogP contribution is -2.30. The highest BCUT2D eigenvalue weighted by atomic mass is 16.2. The Morgan fingerprint density at radius 2 is 0.902 bits per heavy atom. The molecule has 6 amide bonds. The molecule has 0 fully saturated rings. The number of anilines is 3. The second-order valence-electron chi connectivity index (χ2n) is 9.70. The molecule has 41 heavy (non-hydrogen) atoms. The van der Waals surface area contributed by atoms with E-state index in [0.29, 0.717) is 35.5 Å². The van der Waals surface area contributed by atoms with E-state index in [1.54, 1.807) is 48.5 Å². The summed E-state index contributed by atoms with van der Waals surface area (Å²) >= 11 is 0. The van der Waals surface area contributed by atoms with E-state index >= 15 is 0 Å². The van der Waals surface area contributed by atoms with Crippen LogP contribution in [0.5, 0.6) is 0 Å². The van der Waals surface area contributed by atoms with Crippen LogP contribution in [0.4, 0.5) is 17.1 Å². The molecule has 0 bridgehead atoms. The fraction of sp³-hybridized carbons (Fsp3) is 0.0625. The highest BCUT2D eigenvalue weighted by Gasteiger charge is 2.29. The van der Waals surface area contributed by atoms with Crippen LogP contribution in [0.1, 0.15) is 22.3 Å². The number of amides is 6. The standard InChI is InChI=1S/C32H21N3O6/c36-27-8-9-28(37)33(27)24-6-3-4-20(17-24)14-21-15-22(19-25(18-21)34-29(38)10-11-30(34)39)16-23-5-1-2-7-26(23)35-31(40)12-13-32(35)41/h1-13,15,17-19H,14,16H2. The molecule has 200 valence electrons. The highest BCUT2D eigenvalue weighted by Crippen LogP contribution is 2.30. The first-order valence-corrected chi connectivity index (χ1v) is 12.8. The molecular weight excluding hydrogens is 522 g/mol. The van der Waals surface area contributed by atoms with Crippen LogP contribution in [0.2, 0.25) is 0 Å². The van der Waals surface area contributed by atoms with E-state index in [-0.39, 0.29) is 0 Å². The Labute approximate surface area is 234 Å². The molecule has 3 aliphatic rings. The largest absolute Gasteiger partial charge is 0.269 e. The summed E-state index contributed by atoms with van der Waals surface area (Å²) in [6, 6.07) is 19.5. The van der Waals surface area contributed by atoms with Crippen molar-refractivity contribution in [2.24, 2.45) is 0 Å². The minimum absolute atomic E-state index is 0.306. The average molecular weight is 544 g/mol. The molecule has 0 atom stereocenters. The summed E-state index contributed by atoms with van der Waals surface area (Å²) in [4.78, 5) is 77.5. The van der Waals surface area contributed by atoms with Crippen LogP contribution < -0.4 is 14.7 Å². The molecule has 0 unspecified atom stereocenters. The van der Waals surface area contributed by atoms with Gasteiger partial charge in [0.15, 0.2) is 0 Å². The molecule has 0 aromatic heterocycles. The van der Waals surface area contributed by atoms with Crippen molar-refractivity contribution in [1.82, 2.24) is 0 Å². The van der Waals surface area contributed by atoms with Crippen LogP contribution in [-0.2, 0) is 41.6 Å². The SMILES string of the molecule is O=C1C=CC(=O)N1c1cccc(Cc2cc(Cc3ccccc3N3C(=O)C=CC3=O)cc(N3C(=O)C=CC3=O)c2)c1. The molecule has 9 nitrogen and oxygen atoms in total. The summed E-state index contributed by atoms with van der Waals surface area (Å²) < 4.78 is 0. The first-order chi connectivity index (χ1) is 19.8. The predicted molar refractivity (Wildman–Crippen MR) is 150 cm³/mol. The molecule has 0 saturated heterocycles. The van der Waals surface area contributed by atoms with Crippen molar-refractivity contribution in [1.29, 1.82) is 0 Å². The Hall–Kier alpha value is -5.70. The van der Waals surface area contributed by atoms with E-state index in [9.17, 15) is 28.8 Å². The monoisotopic (exact) mass is 543 g/mol. The minimum Gasteiger partial charge on any atom is -0.269 e. The number of carbonyl (C=O) groups is 6. The van der Waals surface area contributed by atoms with Crippen molar-refractivity contribution in [3.8, 4) is 0 Å². The first kappa shape index (κ1) is 25.6. The van der Waals surface area contributed by atoms with Crippen molar-refractivity contribution in [2.75, 3.05) is 14.7 Å². The van der Waals surface area contributed by atoms with Gasteiger partial charge in [0.1, 0.15) is 0 Å². The molecule has 3 heterocycles. The Bertz CT molecular complexity index is 1730. The third kappa shape index (κ3) is 4.80. The summed E-state index contributed by atoms with van der Waals surface area (Å²) in [6.45, 7) is 0. The number of benzene rings is 3. The van der Waals surface area contributed by atoms with Crippen LogP contribution in [0.25, 0.3) is 0 Å². The summed E-state index contributed by atoms with van der Waals surface area (Å²) in [5.74, 6) is -2.61. The van der Waals surface area contributed by atoms with Crippen LogP contribution in [0.3, 0.4) is 0 Å². The number of para-hydroxylation sites is 1. The van der Waals surface area contributed by atoms with Crippen molar-refractivity contribution >= 4 is 52.5 Å². The maximum absolute atomic E-state index is 12.5. The van der Waals surface area contributed by atoms with Gasteiger partial charge in [-0.1, -0.05) is 36.4 Å². The summed E-state index contributed by atoms with van der Waals surface area (Å²) in [5, 5.41) is 0. The molecule has 3 aromatic carbocycles. The highest BCUT2D eigenvalue weighted by molar-refractivity contribution is 6.29. The lowest BCUT2D eigenvalue weighted by molar-refractivity contribution is -0.121. The van der Waals surface area contributed by atoms with E-state index in [2.05, 4.69) is 0 Å². The zero-order chi connectivity index (χ0) is 28.7. The smallest absolute Gasteiger partial charge is 0.258 e. The molecule has 0 saturated carbocycles. The van der Waals surface area contributed by atoms with E-state index in [1.165, 1.54) is 36.5 Å². The molecule has 3 aromatic rings. The lowest BCUT2D eigenvalue weighted by atomic mass is 9.96. The van der Waals surface area contributed by atoms with Crippen molar-refractivity contribution < 1.29 is 28.8 Å². The average Bonchev–Trinajstić information content (AvgIpc) is 3.59. The van der Waals surface area contributed by atoms with Gasteiger partial charge in [-0.3, -0.25) is 28.8 Å². The Balaban J connectivity index is 1.37. The normalized spacial score (nSPS) is 16.3. The van der Waals surface area contributed by atoms with Gasteiger partial charge < -0.3 is 0 Å². The van der Waals surface area contributed by atoms with Crippen LogP contribution in [-0.4, -0.2) is 35.4 Å². The quantitative estimate of drug-likeness (QED) is 0.423. The molecule has 0 spiro atoms. The molecule has 0 radical (unpaired) electrons. The molecular formula is C32H21N3O6. The summed E-state index contributed by atoms with van der Waals surface area (Å²) in [5.41, 5.74) is 4.30. The van der Waals surface area contributed by atoms with Crippen LogP contribution in [0.15, 0.2) is 103 Å². The van der Waals surface area contributed by atoms with Gasteiger partial charge >= 0.3 is 0 Å². The van der Waals surface area contributed by atoms with E-state index < -0.39 is 35.4 Å². The second-order valence-corrected chi connectivity index (χ2v) is 9.70. The van der Waals surface area contributed by atoms with Crippen LogP contribution >= 0.6 is 0 Å². The van der Waals surface area contributed by atoms with Gasteiger partial charge in [-0.2, -0.15) is 0 Å². The summed E-state index contributed by atoms with van der Waals surface area (Å²) in [7, 11) is 0. The van der Waals surface area contributed by atoms with Crippen LogP contribution in [0, 0.1) is 0 Å². The topological polar surface area (TPSA) is 112 Å². The fourth-order valence-electron chi connectivity index (χ4n) is 5.16. The third-order valence-electron chi connectivity index (χ3n) is 6.93. The number of carbonyl (C=O) groups excluding carboxylic acids is 6. The molecule has 0 aliphatic carbocycles. The van der Waals surface area contributed by atoms with Gasteiger partial charge in [0.2, 0.25) is 0 Å². The van der Waals surface area contributed by atoms with Gasteiger partial charge in [-0.25, -0.2) is 14.7 Å². The predicted octanol–water partition coefficient (Wildman–Crippen LogP) is 3.16. The zero-order valence-electron chi connectivity index (χ0n) is 21.5. The van der Waals surface area contributed by atoms with E-state index in [1.807, 2.05) is 18.2 Å². The third-order valence-corrected chi connectivity index (χ3v) is 6.93. The molecule has 0 N–H and O–H groups in total. The first-order valence-electron chi connectivity index (χ1n) is 12.8. The molecule has 9 heteroatoms. The fourth-order valence-corrected chi connectivity index (χ4v) is 5.16. The maximum Gasteiger partial charge on any atom is 0.258 e. The maximum atomic E-state index is 12.5. The Morgan fingerprint density at radius 3 is 1.51 bits per heavy atom. The van der Waals surface area contributed by atoms with Crippen molar-refractivity contribution in [3.63, 3.8) is 0 Å². The number of hydrogen-bond donors (Lipinski definition) is 0. The van der Waals surface area contributed by atoms with Crippen molar-refractivity contribution in [3.05, 3.63) is 125 Å². The lowest BCUT2D eigenvalue weighted by Gasteiger charge is -2.20. The second kappa shape index (κ2) is 10.1. The molecule has 3 aliphatic heterocycles. The number of rotatable bonds is 7. The van der Waals surface area contributed by atoms with Gasteiger partial charge in [0.25, 0.3) is 35.4 Å². The Morgan fingerprint density at radius 1 is 0.415 bits per heavy atom. The van der Waals surface area contributed by atoms with Crippen molar-refractivity contribution in [2.45, 2.75) is 12.8 Å². The number of imide groups is 3. The molecule has 6 rings (SSSR count). The van der Waals surface area contributed by atoms with E-state index in [0.717, 1.165) is 31.4 Å². The van der Waals surface area contributed by atoms with Gasteiger partial charge in [-0.15, -0.1) is 0 Å². The van der Waals surface area contributed by atoms with Gasteiger partial charge in [-0.05, 0) is 65.4 Å². The summed E-state index contributed by atoms with van der Waals surface area (Å²) in [6.07, 6.45) is 8.00.